The molecular formula is C25H19N3O2S2. The molecule has 5 rings (SSSR count). The predicted molar refractivity (Wildman–Crippen MR) is 132 cm³/mol. The first-order valence-electron chi connectivity index (χ1n) is 10.1. The molecule has 3 aromatic heterocycles. The van der Waals surface area contributed by atoms with Crippen LogP contribution in [0.4, 0.5) is 5.69 Å². The van der Waals surface area contributed by atoms with Crippen LogP contribution in [-0.2, 0) is 17.8 Å². The summed E-state index contributed by atoms with van der Waals surface area (Å²) in [4.78, 5) is 32.1. The molecule has 0 atom stereocenters. The lowest BCUT2D eigenvalue weighted by atomic mass is 10.0. The number of thiophene rings is 2. The number of rotatable bonds is 6. The second kappa shape index (κ2) is 8.90. The molecule has 0 aliphatic rings. The van der Waals surface area contributed by atoms with Gasteiger partial charge in [0.15, 0.2) is 0 Å². The summed E-state index contributed by atoms with van der Waals surface area (Å²) in [6, 6.07) is 21.8. The molecule has 0 bridgehead atoms. The second-order valence-electron chi connectivity index (χ2n) is 7.35. The van der Waals surface area contributed by atoms with E-state index in [0.717, 1.165) is 21.7 Å². The fourth-order valence-electron chi connectivity index (χ4n) is 3.65. The van der Waals surface area contributed by atoms with E-state index in [4.69, 9.17) is 0 Å². The van der Waals surface area contributed by atoms with E-state index in [1.807, 2.05) is 65.4 Å². The van der Waals surface area contributed by atoms with Crippen LogP contribution in [0.3, 0.4) is 0 Å². The number of hydrogen-bond acceptors (Lipinski definition) is 5. The summed E-state index contributed by atoms with van der Waals surface area (Å²) in [6.07, 6.45) is 2.17. The number of para-hydroxylation sites is 1. The molecule has 0 saturated carbocycles. The number of nitrogens with one attached hydrogen (secondary N) is 1. The lowest BCUT2D eigenvalue weighted by Gasteiger charge is -2.12. The van der Waals surface area contributed by atoms with Gasteiger partial charge in [-0.05, 0) is 35.1 Å². The van der Waals surface area contributed by atoms with Gasteiger partial charge in [-0.2, -0.15) is 0 Å². The first-order chi connectivity index (χ1) is 15.7. The van der Waals surface area contributed by atoms with Crippen molar-refractivity contribution < 1.29 is 4.79 Å². The van der Waals surface area contributed by atoms with Gasteiger partial charge in [0, 0.05) is 21.5 Å². The zero-order chi connectivity index (χ0) is 21.9. The molecule has 7 heteroatoms. The number of aromatic nitrogens is 2. The molecule has 1 amide bonds. The van der Waals surface area contributed by atoms with Crippen molar-refractivity contribution in [3.05, 3.63) is 105 Å². The van der Waals surface area contributed by atoms with E-state index >= 15 is 0 Å². The Labute approximate surface area is 192 Å². The Hall–Kier alpha value is -3.55. The summed E-state index contributed by atoms with van der Waals surface area (Å²) < 4.78 is 1.38. The standard InChI is InChI=1S/C25H19N3O2S2/c29-22(27-20-10-5-4-9-18(20)13-17-7-2-1-3-8-17)14-28-16-26-24-23(25(28)30)19(15-32-24)21-11-6-12-31-21/h1-12,15-16H,13-14H2,(H,27,29). The topological polar surface area (TPSA) is 64.0 Å². The maximum absolute atomic E-state index is 13.2. The fourth-order valence-corrected chi connectivity index (χ4v) is 5.37. The van der Waals surface area contributed by atoms with Crippen molar-refractivity contribution in [2.45, 2.75) is 13.0 Å². The van der Waals surface area contributed by atoms with Crippen molar-refractivity contribution in [1.29, 1.82) is 0 Å². The van der Waals surface area contributed by atoms with Gasteiger partial charge >= 0.3 is 0 Å². The van der Waals surface area contributed by atoms with Crippen molar-refractivity contribution in [3.8, 4) is 10.4 Å². The Balaban J connectivity index is 1.39. The highest BCUT2D eigenvalue weighted by molar-refractivity contribution is 7.18. The van der Waals surface area contributed by atoms with Gasteiger partial charge in [0.25, 0.3) is 5.56 Å². The normalized spacial score (nSPS) is 11.0. The van der Waals surface area contributed by atoms with Crippen molar-refractivity contribution in [2.75, 3.05) is 5.32 Å². The van der Waals surface area contributed by atoms with Crippen LogP contribution in [0.15, 0.2) is 88.6 Å². The van der Waals surface area contributed by atoms with Crippen LogP contribution in [0.25, 0.3) is 20.7 Å². The van der Waals surface area contributed by atoms with Gasteiger partial charge in [0.1, 0.15) is 11.4 Å². The highest BCUT2D eigenvalue weighted by Gasteiger charge is 2.16. The summed E-state index contributed by atoms with van der Waals surface area (Å²) in [7, 11) is 0. The van der Waals surface area contributed by atoms with Gasteiger partial charge < -0.3 is 5.32 Å². The molecule has 158 valence electrons. The average Bonchev–Trinajstić information content (AvgIpc) is 3.48. The first-order valence-corrected chi connectivity index (χ1v) is 11.9. The zero-order valence-corrected chi connectivity index (χ0v) is 18.7. The minimum atomic E-state index is -0.262. The summed E-state index contributed by atoms with van der Waals surface area (Å²) >= 11 is 3.02. The number of fused-ring (bicyclic) bond motifs is 1. The summed E-state index contributed by atoms with van der Waals surface area (Å²) in [6.45, 7) is -0.0961. The zero-order valence-electron chi connectivity index (χ0n) is 17.0. The van der Waals surface area contributed by atoms with E-state index < -0.39 is 0 Å². The second-order valence-corrected chi connectivity index (χ2v) is 9.16. The van der Waals surface area contributed by atoms with E-state index in [-0.39, 0.29) is 18.0 Å². The smallest absolute Gasteiger partial charge is 0.263 e. The van der Waals surface area contributed by atoms with Gasteiger partial charge in [-0.1, -0.05) is 54.6 Å². The van der Waals surface area contributed by atoms with Crippen LogP contribution >= 0.6 is 22.7 Å². The monoisotopic (exact) mass is 457 g/mol. The number of anilines is 1. The Morgan fingerprint density at radius 2 is 1.78 bits per heavy atom. The summed E-state index contributed by atoms with van der Waals surface area (Å²) in [5, 5.41) is 7.47. The molecule has 0 radical (unpaired) electrons. The number of carbonyl (C=O) groups is 1. The van der Waals surface area contributed by atoms with Gasteiger partial charge in [-0.3, -0.25) is 14.2 Å². The largest absolute Gasteiger partial charge is 0.324 e. The number of benzene rings is 2. The van der Waals surface area contributed by atoms with Crippen LogP contribution < -0.4 is 10.9 Å². The third kappa shape index (κ3) is 4.12. The van der Waals surface area contributed by atoms with Crippen LogP contribution in [-0.4, -0.2) is 15.5 Å². The molecule has 5 nitrogen and oxygen atoms in total. The number of nitrogens with zero attached hydrogens (tertiary/aromatic N) is 2. The van der Waals surface area contributed by atoms with Crippen molar-refractivity contribution >= 4 is 44.5 Å². The van der Waals surface area contributed by atoms with Crippen LogP contribution in [0.5, 0.6) is 0 Å². The van der Waals surface area contributed by atoms with E-state index in [0.29, 0.717) is 16.6 Å². The van der Waals surface area contributed by atoms with Gasteiger partial charge in [0.2, 0.25) is 5.91 Å². The Kier molecular flexibility index (Phi) is 5.66. The number of carbonyl (C=O) groups excluding carboxylic acids is 1. The van der Waals surface area contributed by atoms with Gasteiger partial charge in [0.05, 0.1) is 11.7 Å². The molecule has 5 aromatic rings. The number of amides is 1. The molecule has 0 unspecified atom stereocenters. The average molecular weight is 458 g/mol. The first kappa shape index (κ1) is 20.4. The Morgan fingerprint density at radius 3 is 2.59 bits per heavy atom. The minimum Gasteiger partial charge on any atom is -0.324 e. The molecule has 3 heterocycles. The number of hydrogen-bond donors (Lipinski definition) is 1. The van der Waals surface area contributed by atoms with Gasteiger partial charge in [-0.25, -0.2) is 4.98 Å². The van der Waals surface area contributed by atoms with Crippen LogP contribution in [0.1, 0.15) is 11.1 Å². The SMILES string of the molecule is O=C(Cn1cnc2scc(-c3cccs3)c2c1=O)Nc1ccccc1Cc1ccccc1. The van der Waals surface area contributed by atoms with E-state index in [1.165, 1.54) is 27.8 Å². The highest BCUT2D eigenvalue weighted by Crippen LogP contribution is 2.33. The third-order valence-corrected chi connectivity index (χ3v) is 6.98. The predicted octanol–water partition coefficient (Wildman–Crippen LogP) is 5.42. The Bertz CT molecular complexity index is 1440. The molecule has 0 aliphatic carbocycles. The molecule has 1 N–H and O–H groups in total. The van der Waals surface area contributed by atoms with E-state index in [2.05, 4.69) is 22.4 Å². The lowest BCUT2D eigenvalue weighted by Crippen LogP contribution is -2.28. The van der Waals surface area contributed by atoms with E-state index in [1.54, 1.807) is 11.3 Å². The summed E-state index contributed by atoms with van der Waals surface area (Å²) in [5.41, 5.74) is 3.61. The van der Waals surface area contributed by atoms with Crippen molar-refractivity contribution in [2.24, 2.45) is 0 Å². The van der Waals surface area contributed by atoms with Crippen LogP contribution in [0.2, 0.25) is 0 Å². The molecule has 2 aromatic carbocycles. The van der Waals surface area contributed by atoms with Crippen LogP contribution in [0, 0.1) is 0 Å². The minimum absolute atomic E-state index is 0.0961. The summed E-state index contributed by atoms with van der Waals surface area (Å²) in [5.74, 6) is -0.262. The van der Waals surface area contributed by atoms with Crippen molar-refractivity contribution in [3.63, 3.8) is 0 Å². The fraction of sp³-hybridized carbons (Fsp3) is 0.0800. The molecular weight excluding hydrogens is 438 g/mol. The Morgan fingerprint density at radius 1 is 0.969 bits per heavy atom. The van der Waals surface area contributed by atoms with Crippen molar-refractivity contribution in [1.82, 2.24) is 9.55 Å². The van der Waals surface area contributed by atoms with E-state index in [9.17, 15) is 9.59 Å². The van der Waals surface area contributed by atoms with Gasteiger partial charge in [-0.15, -0.1) is 22.7 Å². The third-order valence-electron chi connectivity index (χ3n) is 5.19. The molecule has 32 heavy (non-hydrogen) atoms. The molecule has 0 saturated heterocycles. The quantitative estimate of drug-likeness (QED) is 0.370. The molecule has 0 aliphatic heterocycles. The highest BCUT2D eigenvalue weighted by atomic mass is 32.1. The maximum Gasteiger partial charge on any atom is 0.263 e. The molecule has 0 fully saturated rings. The maximum atomic E-state index is 13.2. The molecule has 0 spiro atoms. The lowest BCUT2D eigenvalue weighted by molar-refractivity contribution is -0.116.